The predicted molar refractivity (Wildman–Crippen MR) is 116 cm³/mol. The van der Waals surface area contributed by atoms with Gasteiger partial charge in [-0.05, 0) is 55.8 Å². The molecule has 0 radical (unpaired) electrons. The number of furan rings is 1. The van der Waals surface area contributed by atoms with Gasteiger partial charge in [-0.3, -0.25) is 9.59 Å². The first kappa shape index (κ1) is 21.6. The van der Waals surface area contributed by atoms with E-state index < -0.39 is 17.8 Å². The number of hydrogen-bond acceptors (Lipinski definition) is 4. The maximum absolute atomic E-state index is 14.1. The van der Waals surface area contributed by atoms with Crippen molar-refractivity contribution in [3.63, 3.8) is 0 Å². The lowest BCUT2D eigenvalue weighted by molar-refractivity contribution is -0.114. The zero-order valence-electron chi connectivity index (χ0n) is 17.1. The molecular weight excluding hydrogens is 403 g/mol. The second kappa shape index (κ2) is 9.12. The maximum atomic E-state index is 14.1. The van der Waals surface area contributed by atoms with Crippen LogP contribution in [-0.2, 0) is 4.79 Å². The van der Waals surface area contributed by atoms with E-state index in [0.717, 1.165) is 11.6 Å². The summed E-state index contributed by atoms with van der Waals surface area (Å²) in [6.45, 7) is 4.84. The number of benzene rings is 2. The molecule has 31 heavy (non-hydrogen) atoms. The van der Waals surface area contributed by atoms with Crippen LogP contribution in [0.3, 0.4) is 0 Å². The van der Waals surface area contributed by atoms with E-state index in [1.807, 2.05) is 6.92 Å². The molecule has 160 valence electrons. The normalized spacial score (nSPS) is 10.3. The number of carbonyl (C=O) groups excluding carboxylic acids is 3. The molecule has 0 fully saturated rings. The van der Waals surface area contributed by atoms with Crippen LogP contribution in [0, 0.1) is 19.7 Å². The maximum Gasteiger partial charge on any atom is 0.323 e. The van der Waals surface area contributed by atoms with Gasteiger partial charge in [0.25, 0.3) is 5.91 Å². The van der Waals surface area contributed by atoms with Crippen molar-refractivity contribution in [3.8, 4) is 0 Å². The van der Waals surface area contributed by atoms with E-state index in [9.17, 15) is 18.8 Å². The molecule has 3 aromatic rings. The third-order valence-corrected chi connectivity index (χ3v) is 4.38. The van der Waals surface area contributed by atoms with E-state index in [0.29, 0.717) is 17.1 Å². The zero-order chi connectivity index (χ0) is 22.5. The molecule has 4 amide bonds. The Hall–Kier alpha value is -4.14. The molecule has 0 bridgehead atoms. The van der Waals surface area contributed by atoms with Crippen molar-refractivity contribution in [1.29, 1.82) is 0 Å². The first-order valence-electron chi connectivity index (χ1n) is 9.34. The molecule has 0 spiro atoms. The van der Waals surface area contributed by atoms with Crippen molar-refractivity contribution in [2.24, 2.45) is 0 Å². The quantitative estimate of drug-likeness (QED) is 0.467. The molecule has 1 aromatic heterocycles. The van der Waals surface area contributed by atoms with Crippen LogP contribution >= 0.6 is 0 Å². The van der Waals surface area contributed by atoms with Crippen molar-refractivity contribution in [3.05, 3.63) is 71.4 Å². The number of hydrogen-bond donors (Lipinski definition) is 4. The Bertz CT molecular complexity index is 1160. The monoisotopic (exact) mass is 424 g/mol. The third-order valence-electron chi connectivity index (χ3n) is 4.38. The Labute approximate surface area is 177 Å². The molecule has 0 saturated heterocycles. The van der Waals surface area contributed by atoms with E-state index >= 15 is 0 Å². The van der Waals surface area contributed by atoms with Crippen molar-refractivity contribution in [1.82, 2.24) is 0 Å². The highest BCUT2D eigenvalue weighted by molar-refractivity contribution is 6.06. The number of nitrogens with one attached hydrogen (secondary N) is 4. The van der Waals surface area contributed by atoms with Crippen LogP contribution in [0.25, 0.3) is 0 Å². The van der Waals surface area contributed by atoms with E-state index in [-0.39, 0.29) is 22.8 Å². The smallest absolute Gasteiger partial charge is 0.323 e. The van der Waals surface area contributed by atoms with Crippen LogP contribution in [0.2, 0.25) is 0 Å². The van der Waals surface area contributed by atoms with Gasteiger partial charge >= 0.3 is 6.03 Å². The minimum Gasteiger partial charge on any atom is -0.469 e. The fourth-order valence-corrected chi connectivity index (χ4v) is 2.83. The molecule has 1 heterocycles. The topological polar surface area (TPSA) is 112 Å². The summed E-state index contributed by atoms with van der Waals surface area (Å²) >= 11 is 0. The van der Waals surface area contributed by atoms with Gasteiger partial charge in [-0.1, -0.05) is 6.07 Å². The number of halogens is 1. The average molecular weight is 424 g/mol. The number of anilines is 4. The van der Waals surface area contributed by atoms with E-state index in [2.05, 4.69) is 21.3 Å². The second-order valence-corrected chi connectivity index (χ2v) is 6.83. The van der Waals surface area contributed by atoms with Gasteiger partial charge in [0.15, 0.2) is 0 Å². The van der Waals surface area contributed by atoms with Crippen LogP contribution in [0.5, 0.6) is 0 Å². The largest absolute Gasteiger partial charge is 0.469 e. The fourth-order valence-electron chi connectivity index (χ4n) is 2.83. The summed E-state index contributed by atoms with van der Waals surface area (Å²) in [7, 11) is 0. The Morgan fingerprint density at radius 2 is 1.48 bits per heavy atom. The average Bonchev–Trinajstić information content (AvgIpc) is 3.12. The molecule has 0 atom stereocenters. The number of urea groups is 1. The zero-order valence-corrected chi connectivity index (χ0v) is 17.1. The van der Waals surface area contributed by atoms with Crippen LogP contribution in [-0.4, -0.2) is 17.8 Å². The molecule has 2 aromatic carbocycles. The minimum absolute atomic E-state index is 0.0910. The fraction of sp³-hybridized carbons (Fsp3) is 0.136. The van der Waals surface area contributed by atoms with Gasteiger partial charge < -0.3 is 25.7 Å². The third kappa shape index (κ3) is 5.47. The summed E-state index contributed by atoms with van der Waals surface area (Å²) < 4.78 is 19.2. The van der Waals surface area contributed by atoms with Gasteiger partial charge in [0.1, 0.15) is 11.6 Å². The molecule has 8 nitrogen and oxygen atoms in total. The van der Waals surface area contributed by atoms with Crippen molar-refractivity contribution >= 4 is 40.6 Å². The molecule has 9 heteroatoms. The van der Waals surface area contributed by atoms with Crippen LogP contribution in [0.1, 0.15) is 28.6 Å². The number of rotatable bonds is 5. The summed E-state index contributed by atoms with van der Waals surface area (Å²) in [5, 5.41) is 10.4. The number of carbonyl (C=O) groups is 3. The molecule has 0 aliphatic carbocycles. The highest BCUT2D eigenvalue weighted by Crippen LogP contribution is 2.23. The molecule has 0 aliphatic heterocycles. The van der Waals surface area contributed by atoms with Gasteiger partial charge in [-0.15, -0.1) is 0 Å². The molecule has 0 aliphatic rings. The summed E-state index contributed by atoms with van der Waals surface area (Å²) in [5.74, 6) is -1.00. The molecular formula is C22H21FN4O4. The Balaban J connectivity index is 1.69. The Morgan fingerprint density at radius 3 is 2.10 bits per heavy atom. The highest BCUT2D eigenvalue weighted by Gasteiger charge is 2.15. The Kier molecular flexibility index (Phi) is 6.35. The second-order valence-electron chi connectivity index (χ2n) is 6.83. The molecule has 0 unspecified atom stereocenters. The summed E-state index contributed by atoms with van der Waals surface area (Å²) in [4.78, 5) is 35.9. The first-order chi connectivity index (χ1) is 14.7. The van der Waals surface area contributed by atoms with Gasteiger partial charge in [0.2, 0.25) is 5.91 Å². The van der Waals surface area contributed by atoms with Gasteiger partial charge in [0, 0.05) is 24.0 Å². The van der Waals surface area contributed by atoms with E-state index in [1.165, 1.54) is 31.4 Å². The lowest BCUT2D eigenvalue weighted by atomic mass is 10.2. The minimum atomic E-state index is -0.654. The lowest BCUT2D eigenvalue weighted by Crippen LogP contribution is -2.20. The van der Waals surface area contributed by atoms with Gasteiger partial charge in [-0.25, -0.2) is 9.18 Å². The summed E-state index contributed by atoms with van der Waals surface area (Å²) in [5.41, 5.74) is 2.33. The molecule has 3 rings (SSSR count). The lowest BCUT2D eigenvalue weighted by Gasteiger charge is -2.12. The Morgan fingerprint density at radius 1 is 0.839 bits per heavy atom. The van der Waals surface area contributed by atoms with Crippen molar-refractivity contribution in [2.45, 2.75) is 20.8 Å². The number of amides is 4. The summed E-state index contributed by atoms with van der Waals surface area (Å²) in [6, 6.07) is 9.77. The van der Waals surface area contributed by atoms with Crippen molar-refractivity contribution < 1.29 is 23.2 Å². The van der Waals surface area contributed by atoms with E-state index in [1.54, 1.807) is 25.1 Å². The van der Waals surface area contributed by atoms with E-state index in [4.69, 9.17) is 4.42 Å². The van der Waals surface area contributed by atoms with Crippen LogP contribution in [0.15, 0.2) is 53.1 Å². The van der Waals surface area contributed by atoms with Crippen molar-refractivity contribution in [2.75, 3.05) is 21.3 Å². The van der Waals surface area contributed by atoms with Gasteiger partial charge in [-0.2, -0.15) is 0 Å². The molecule has 4 N–H and O–H groups in total. The van der Waals surface area contributed by atoms with Crippen LogP contribution in [0.4, 0.5) is 31.9 Å². The standard InChI is InChI=1S/C22H21FN4O4/c1-12-4-5-15(10-19(12)24-14(3)28)25-22(30)26-16-6-7-18(23)20(11-16)27-21(29)17-8-9-31-13(17)2/h4-11H,1-3H3,(H,24,28)(H,27,29)(H2,25,26,30). The SMILES string of the molecule is CC(=O)Nc1cc(NC(=O)Nc2ccc(F)c(NC(=O)c3ccoc3C)c2)ccc1C. The number of aryl methyl sites for hydroxylation is 2. The van der Waals surface area contributed by atoms with Gasteiger partial charge in [0.05, 0.1) is 17.5 Å². The first-order valence-corrected chi connectivity index (χ1v) is 9.34. The predicted octanol–water partition coefficient (Wildman–Crippen LogP) is 4.89. The summed E-state index contributed by atoms with van der Waals surface area (Å²) in [6.07, 6.45) is 1.37. The molecule has 0 saturated carbocycles. The highest BCUT2D eigenvalue weighted by atomic mass is 19.1. The van der Waals surface area contributed by atoms with Crippen LogP contribution < -0.4 is 21.3 Å².